The SMILES string of the molecule is COc1cc2cc3[n+](cc2cc1OCCCCCn1c2ccccc2c2ccccc21)-c1cc2c(cc1CC3)OCO2.[Cl-]. The molecule has 0 amide bonds. The number of halogens is 1. The number of methoxy groups -OCH3 is 1. The second-order valence-electron chi connectivity index (χ2n) is 11.2. The van der Waals surface area contributed by atoms with Crippen LogP contribution in [0.25, 0.3) is 38.3 Å². The van der Waals surface area contributed by atoms with Gasteiger partial charge in [-0.05, 0) is 61.4 Å². The van der Waals surface area contributed by atoms with Gasteiger partial charge in [0.2, 0.25) is 12.5 Å². The van der Waals surface area contributed by atoms with Gasteiger partial charge in [-0.1, -0.05) is 36.4 Å². The van der Waals surface area contributed by atoms with E-state index < -0.39 is 0 Å². The predicted molar refractivity (Wildman–Crippen MR) is 164 cm³/mol. The molecule has 8 rings (SSSR count). The lowest BCUT2D eigenvalue weighted by Gasteiger charge is -2.16. The van der Waals surface area contributed by atoms with E-state index >= 15 is 0 Å². The Hall–Kier alpha value is -4.42. The number of aromatic nitrogens is 2. The summed E-state index contributed by atoms with van der Waals surface area (Å²) in [5, 5.41) is 4.93. The van der Waals surface area contributed by atoms with Crippen molar-refractivity contribution < 1.29 is 35.9 Å². The molecule has 4 aromatic carbocycles. The number of hydrogen-bond acceptors (Lipinski definition) is 4. The quantitative estimate of drug-likeness (QED) is 0.195. The number of nitrogens with zero attached hydrogens (tertiary/aromatic N) is 2. The van der Waals surface area contributed by atoms with Crippen LogP contribution in [0.4, 0.5) is 0 Å². The Morgan fingerprint density at radius 3 is 2.26 bits per heavy atom. The fourth-order valence-electron chi connectivity index (χ4n) is 6.62. The lowest BCUT2D eigenvalue weighted by Crippen LogP contribution is -3.00. The van der Waals surface area contributed by atoms with Crippen molar-refractivity contribution in [3.8, 4) is 28.7 Å². The Morgan fingerprint density at radius 2 is 1.49 bits per heavy atom. The van der Waals surface area contributed by atoms with Gasteiger partial charge in [-0.15, -0.1) is 0 Å². The normalized spacial score (nSPS) is 13.1. The maximum atomic E-state index is 6.31. The third kappa shape index (κ3) is 4.80. The van der Waals surface area contributed by atoms with Crippen molar-refractivity contribution in [3.05, 3.63) is 96.3 Å². The second kappa shape index (κ2) is 11.3. The van der Waals surface area contributed by atoms with Crippen LogP contribution in [0, 0.1) is 0 Å². The summed E-state index contributed by atoms with van der Waals surface area (Å²) < 4.78 is 28.1. The summed E-state index contributed by atoms with van der Waals surface area (Å²) in [6, 6.07) is 28.1. The summed E-state index contributed by atoms with van der Waals surface area (Å²) in [6.07, 6.45) is 7.33. The highest BCUT2D eigenvalue weighted by molar-refractivity contribution is 6.07. The summed E-state index contributed by atoms with van der Waals surface area (Å²) in [7, 11) is 1.71. The fourth-order valence-corrected chi connectivity index (χ4v) is 6.62. The number of ether oxygens (including phenoxy) is 4. The number of aryl methyl sites for hydroxylation is 3. The molecule has 0 aliphatic carbocycles. The standard InChI is InChI=1S/C36H33N2O4.ClH/c1-39-33-19-25-17-27-14-13-24-18-35-36(42-23-41-35)21-32(24)38(27)22-26(25)20-34(33)40-16-8-2-7-15-37-30-11-5-3-9-28(30)29-10-4-6-12-31(29)37;/h3-6,9-12,17-22H,2,7-8,13-16,23H2,1H3;1H/q+1;/p-1. The molecule has 2 aliphatic heterocycles. The first kappa shape index (κ1) is 27.4. The van der Waals surface area contributed by atoms with Crippen LogP contribution in [0.15, 0.2) is 85.1 Å². The van der Waals surface area contributed by atoms with Gasteiger partial charge >= 0.3 is 0 Å². The minimum Gasteiger partial charge on any atom is -1.00 e. The van der Waals surface area contributed by atoms with Crippen LogP contribution < -0.4 is 35.9 Å². The van der Waals surface area contributed by atoms with Crippen molar-refractivity contribution >= 4 is 32.6 Å². The van der Waals surface area contributed by atoms with Crippen molar-refractivity contribution in [2.24, 2.45) is 0 Å². The second-order valence-corrected chi connectivity index (χ2v) is 11.2. The zero-order valence-corrected chi connectivity index (χ0v) is 24.9. The van der Waals surface area contributed by atoms with E-state index in [1.807, 2.05) is 0 Å². The fraction of sp³-hybridized carbons (Fsp3) is 0.250. The van der Waals surface area contributed by atoms with Gasteiger partial charge in [0.25, 0.3) is 0 Å². The molecule has 6 aromatic rings. The molecule has 0 unspecified atom stereocenters. The van der Waals surface area contributed by atoms with E-state index in [1.54, 1.807) is 7.11 Å². The summed E-state index contributed by atoms with van der Waals surface area (Å²) >= 11 is 0. The van der Waals surface area contributed by atoms with Gasteiger partial charge in [-0.25, -0.2) is 0 Å². The van der Waals surface area contributed by atoms with Gasteiger partial charge in [0, 0.05) is 46.4 Å². The number of fused-ring (bicyclic) bond motifs is 8. The third-order valence-corrected chi connectivity index (χ3v) is 8.72. The maximum absolute atomic E-state index is 6.31. The van der Waals surface area contributed by atoms with Crippen molar-refractivity contribution in [2.75, 3.05) is 20.5 Å². The number of unbranched alkanes of at least 4 members (excludes halogenated alkanes) is 2. The molecular formula is C36H33ClN2O4. The maximum Gasteiger partial charge on any atom is 0.231 e. The summed E-state index contributed by atoms with van der Waals surface area (Å²) in [6.45, 7) is 1.94. The number of para-hydroxylation sites is 2. The average molecular weight is 593 g/mol. The lowest BCUT2D eigenvalue weighted by atomic mass is 9.98. The van der Waals surface area contributed by atoms with E-state index in [-0.39, 0.29) is 19.2 Å². The van der Waals surface area contributed by atoms with Gasteiger partial charge in [0.1, 0.15) is 0 Å². The van der Waals surface area contributed by atoms with E-state index in [0.29, 0.717) is 6.61 Å². The first-order valence-corrected chi connectivity index (χ1v) is 14.8. The van der Waals surface area contributed by atoms with Crippen LogP contribution in [-0.4, -0.2) is 25.1 Å². The topological polar surface area (TPSA) is 45.7 Å². The van der Waals surface area contributed by atoms with E-state index in [9.17, 15) is 0 Å². The first-order chi connectivity index (χ1) is 20.8. The van der Waals surface area contributed by atoms with Crippen LogP contribution in [0.1, 0.15) is 30.5 Å². The molecule has 7 heteroatoms. The van der Waals surface area contributed by atoms with Crippen molar-refractivity contribution in [1.29, 1.82) is 0 Å². The molecule has 0 saturated carbocycles. The highest BCUT2D eigenvalue weighted by atomic mass is 35.5. The largest absolute Gasteiger partial charge is 1.00 e. The van der Waals surface area contributed by atoms with Crippen LogP contribution >= 0.6 is 0 Å². The molecule has 0 fully saturated rings. The first-order valence-electron chi connectivity index (χ1n) is 14.8. The Bertz CT molecular complexity index is 1930. The smallest absolute Gasteiger partial charge is 0.231 e. The third-order valence-electron chi connectivity index (χ3n) is 8.72. The van der Waals surface area contributed by atoms with Crippen LogP contribution in [0.3, 0.4) is 0 Å². The molecule has 0 N–H and O–H groups in total. The molecular weight excluding hydrogens is 560 g/mol. The van der Waals surface area contributed by atoms with Gasteiger partial charge in [-0.2, -0.15) is 4.57 Å². The molecule has 218 valence electrons. The number of rotatable bonds is 8. The van der Waals surface area contributed by atoms with E-state index in [0.717, 1.165) is 78.1 Å². The summed E-state index contributed by atoms with van der Waals surface area (Å²) in [5.41, 5.74) is 6.33. The number of hydrogen-bond donors (Lipinski definition) is 0. The Morgan fingerprint density at radius 1 is 0.767 bits per heavy atom. The van der Waals surface area contributed by atoms with E-state index in [1.165, 1.54) is 33.1 Å². The Balaban J connectivity index is 0.00000300. The minimum absolute atomic E-state index is 0. The monoisotopic (exact) mass is 592 g/mol. The molecule has 2 aliphatic rings. The molecule has 0 saturated heterocycles. The van der Waals surface area contributed by atoms with Gasteiger partial charge in [0.15, 0.2) is 34.9 Å². The lowest BCUT2D eigenvalue weighted by molar-refractivity contribution is -0.605. The molecule has 0 bridgehead atoms. The number of benzene rings is 4. The van der Waals surface area contributed by atoms with Crippen molar-refractivity contribution in [3.63, 3.8) is 0 Å². The summed E-state index contributed by atoms with van der Waals surface area (Å²) in [4.78, 5) is 0. The average Bonchev–Trinajstić information content (AvgIpc) is 3.62. The van der Waals surface area contributed by atoms with Crippen LogP contribution in [0.5, 0.6) is 23.0 Å². The Labute approximate surface area is 256 Å². The summed E-state index contributed by atoms with van der Waals surface area (Å²) in [5.74, 6) is 3.21. The molecule has 0 atom stereocenters. The number of pyridine rings is 1. The zero-order valence-electron chi connectivity index (χ0n) is 24.1. The molecule has 6 nitrogen and oxygen atoms in total. The molecule has 2 aromatic heterocycles. The van der Waals surface area contributed by atoms with Crippen LogP contribution in [-0.2, 0) is 19.4 Å². The molecule has 0 spiro atoms. The van der Waals surface area contributed by atoms with Crippen LogP contribution in [0.2, 0.25) is 0 Å². The highest BCUT2D eigenvalue weighted by Crippen LogP contribution is 2.38. The minimum atomic E-state index is 0. The van der Waals surface area contributed by atoms with Gasteiger partial charge in [-0.3, -0.25) is 0 Å². The van der Waals surface area contributed by atoms with Gasteiger partial charge < -0.3 is 35.9 Å². The zero-order chi connectivity index (χ0) is 28.0. The van der Waals surface area contributed by atoms with E-state index in [2.05, 4.69) is 94.2 Å². The van der Waals surface area contributed by atoms with Gasteiger partial charge in [0.05, 0.1) is 25.2 Å². The van der Waals surface area contributed by atoms with E-state index in [4.69, 9.17) is 18.9 Å². The highest BCUT2D eigenvalue weighted by Gasteiger charge is 2.29. The molecule has 43 heavy (non-hydrogen) atoms. The Kier molecular flexibility index (Phi) is 7.23. The van der Waals surface area contributed by atoms with Crippen molar-refractivity contribution in [2.45, 2.75) is 38.6 Å². The predicted octanol–water partition coefficient (Wildman–Crippen LogP) is 4.31. The molecule has 4 heterocycles. The molecule has 0 radical (unpaired) electrons. The van der Waals surface area contributed by atoms with Crippen molar-refractivity contribution in [1.82, 2.24) is 4.57 Å².